The van der Waals surface area contributed by atoms with E-state index in [2.05, 4.69) is 10.6 Å². The van der Waals surface area contributed by atoms with E-state index < -0.39 is 6.10 Å². The van der Waals surface area contributed by atoms with E-state index >= 15 is 0 Å². The molecule has 1 heterocycles. The van der Waals surface area contributed by atoms with E-state index in [1.165, 1.54) is 0 Å². The molecule has 0 aliphatic rings. The van der Waals surface area contributed by atoms with Crippen molar-refractivity contribution in [1.29, 1.82) is 0 Å². The molecule has 1 aromatic heterocycles. The zero-order chi connectivity index (χ0) is 14.4. The number of carbonyl (C=O) groups is 1. The SMILES string of the molecule is CC(O)c1cccc(NC(=O)NCCc2ccco2)c1. The number of hydrogen-bond donors (Lipinski definition) is 3. The fraction of sp³-hybridized carbons (Fsp3) is 0.267. The molecule has 0 saturated heterocycles. The first kappa shape index (κ1) is 14.1. The lowest BCUT2D eigenvalue weighted by atomic mass is 10.1. The van der Waals surface area contributed by atoms with Crippen LogP contribution in [0.5, 0.6) is 0 Å². The van der Waals surface area contributed by atoms with Crippen molar-refractivity contribution in [3.8, 4) is 0 Å². The lowest BCUT2D eigenvalue weighted by Gasteiger charge is -2.10. The summed E-state index contributed by atoms with van der Waals surface area (Å²) in [5, 5.41) is 15.0. The van der Waals surface area contributed by atoms with Crippen molar-refractivity contribution < 1.29 is 14.3 Å². The molecular formula is C15H18N2O3. The molecule has 0 spiro atoms. The number of aliphatic hydroxyl groups excluding tert-OH is 1. The van der Waals surface area contributed by atoms with Crippen LogP contribution in [-0.4, -0.2) is 17.7 Å². The summed E-state index contributed by atoms with van der Waals surface area (Å²) in [4.78, 5) is 11.7. The van der Waals surface area contributed by atoms with Gasteiger partial charge in [-0.3, -0.25) is 0 Å². The summed E-state index contributed by atoms with van der Waals surface area (Å²) < 4.78 is 5.18. The van der Waals surface area contributed by atoms with Gasteiger partial charge >= 0.3 is 6.03 Å². The molecule has 5 nitrogen and oxygen atoms in total. The molecule has 5 heteroatoms. The molecule has 20 heavy (non-hydrogen) atoms. The summed E-state index contributed by atoms with van der Waals surface area (Å²) in [7, 11) is 0. The first-order valence-electron chi connectivity index (χ1n) is 6.50. The first-order chi connectivity index (χ1) is 9.65. The quantitative estimate of drug-likeness (QED) is 0.784. The molecular weight excluding hydrogens is 256 g/mol. The lowest BCUT2D eigenvalue weighted by molar-refractivity contribution is 0.199. The van der Waals surface area contributed by atoms with E-state index in [1.54, 1.807) is 31.4 Å². The fourth-order valence-corrected chi connectivity index (χ4v) is 1.81. The zero-order valence-electron chi connectivity index (χ0n) is 11.3. The van der Waals surface area contributed by atoms with E-state index in [0.717, 1.165) is 11.3 Å². The van der Waals surface area contributed by atoms with Gasteiger partial charge in [-0.15, -0.1) is 0 Å². The van der Waals surface area contributed by atoms with Crippen LogP contribution < -0.4 is 10.6 Å². The molecule has 2 aromatic rings. The molecule has 0 aliphatic carbocycles. The molecule has 0 saturated carbocycles. The summed E-state index contributed by atoms with van der Waals surface area (Å²) in [6.45, 7) is 2.18. The molecule has 106 valence electrons. The molecule has 2 amide bonds. The second-order valence-corrected chi connectivity index (χ2v) is 4.51. The highest BCUT2D eigenvalue weighted by atomic mass is 16.3. The molecule has 0 fully saturated rings. The monoisotopic (exact) mass is 274 g/mol. The number of urea groups is 1. The average Bonchev–Trinajstić information content (AvgIpc) is 2.92. The van der Waals surface area contributed by atoms with Crippen LogP contribution >= 0.6 is 0 Å². The number of aliphatic hydroxyl groups is 1. The largest absolute Gasteiger partial charge is 0.469 e. The smallest absolute Gasteiger partial charge is 0.319 e. The number of anilines is 1. The Morgan fingerprint density at radius 2 is 2.20 bits per heavy atom. The van der Waals surface area contributed by atoms with Gasteiger partial charge in [0, 0.05) is 18.7 Å². The number of rotatable bonds is 5. The molecule has 0 radical (unpaired) electrons. The van der Waals surface area contributed by atoms with Crippen LogP contribution in [0.1, 0.15) is 24.4 Å². The highest BCUT2D eigenvalue weighted by Gasteiger charge is 2.05. The van der Waals surface area contributed by atoms with Gasteiger partial charge in [0.05, 0.1) is 12.4 Å². The second kappa shape index (κ2) is 6.77. The topological polar surface area (TPSA) is 74.5 Å². The minimum absolute atomic E-state index is 0.278. The van der Waals surface area contributed by atoms with Crippen molar-refractivity contribution in [2.24, 2.45) is 0 Å². The van der Waals surface area contributed by atoms with Crippen molar-refractivity contribution in [3.05, 3.63) is 54.0 Å². The minimum Gasteiger partial charge on any atom is -0.469 e. The molecule has 1 unspecified atom stereocenters. The predicted octanol–water partition coefficient (Wildman–Crippen LogP) is 2.70. The number of carbonyl (C=O) groups excluding carboxylic acids is 1. The first-order valence-corrected chi connectivity index (χ1v) is 6.50. The number of hydrogen-bond acceptors (Lipinski definition) is 3. The number of furan rings is 1. The average molecular weight is 274 g/mol. The van der Waals surface area contributed by atoms with Crippen LogP contribution in [0.2, 0.25) is 0 Å². The van der Waals surface area contributed by atoms with Crippen molar-refractivity contribution >= 4 is 11.7 Å². The zero-order valence-corrected chi connectivity index (χ0v) is 11.3. The summed E-state index contributed by atoms with van der Waals surface area (Å²) >= 11 is 0. The molecule has 0 aliphatic heterocycles. The van der Waals surface area contributed by atoms with Crippen LogP contribution in [0.15, 0.2) is 47.1 Å². The fourth-order valence-electron chi connectivity index (χ4n) is 1.81. The minimum atomic E-state index is -0.557. The second-order valence-electron chi connectivity index (χ2n) is 4.51. The Balaban J connectivity index is 1.80. The van der Waals surface area contributed by atoms with Gasteiger partial charge in [-0.25, -0.2) is 4.79 Å². The standard InChI is InChI=1S/C15H18N2O3/c1-11(18)12-4-2-5-13(10-12)17-15(19)16-8-7-14-6-3-9-20-14/h2-6,9-11,18H,7-8H2,1H3,(H2,16,17,19). The van der Waals surface area contributed by atoms with Crippen LogP contribution in [0.3, 0.4) is 0 Å². The summed E-state index contributed by atoms with van der Waals surface area (Å²) in [5.41, 5.74) is 1.41. The summed E-state index contributed by atoms with van der Waals surface area (Å²) in [6.07, 6.45) is 1.70. The lowest BCUT2D eigenvalue weighted by Crippen LogP contribution is -2.30. The van der Waals surface area contributed by atoms with Gasteiger partial charge in [-0.05, 0) is 36.8 Å². The van der Waals surface area contributed by atoms with Crippen molar-refractivity contribution in [2.75, 3.05) is 11.9 Å². The Hall–Kier alpha value is -2.27. The predicted molar refractivity (Wildman–Crippen MR) is 76.5 cm³/mol. The maximum Gasteiger partial charge on any atom is 0.319 e. The van der Waals surface area contributed by atoms with E-state index in [-0.39, 0.29) is 6.03 Å². The Bertz CT molecular complexity index is 550. The number of nitrogens with one attached hydrogen (secondary N) is 2. The molecule has 1 aromatic carbocycles. The van der Waals surface area contributed by atoms with Gasteiger partial charge in [-0.1, -0.05) is 12.1 Å². The third-order valence-electron chi connectivity index (χ3n) is 2.86. The van der Waals surface area contributed by atoms with Crippen LogP contribution in [-0.2, 0) is 6.42 Å². The highest BCUT2D eigenvalue weighted by molar-refractivity contribution is 5.89. The van der Waals surface area contributed by atoms with Gasteiger partial charge in [0.2, 0.25) is 0 Å². The van der Waals surface area contributed by atoms with Gasteiger partial charge in [0.1, 0.15) is 5.76 Å². The Morgan fingerprint density at radius 3 is 2.90 bits per heavy atom. The number of benzene rings is 1. The van der Waals surface area contributed by atoms with Crippen molar-refractivity contribution in [2.45, 2.75) is 19.4 Å². The van der Waals surface area contributed by atoms with Gasteiger partial charge in [-0.2, -0.15) is 0 Å². The van der Waals surface area contributed by atoms with E-state index in [0.29, 0.717) is 18.7 Å². The van der Waals surface area contributed by atoms with Gasteiger partial charge < -0.3 is 20.2 Å². The normalized spacial score (nSPS) is 11.9. The Kier molecular flexibility index (Phi) is 4.79. The van der Waals surface area contributed by atoms with Crippen molar-refractivity contribution in [1.82, 2.24) is 5.32 Å². The van der Waals surface area contributed by atoms with Gasteiger partial charge in [0.25, 0.3) is 0 Å². The van der Waals surface area contributed by atoms with Crippen LogP contribution in [0, 0.1) is 0 Å². The summed E-state index contributed by atoms with van der Waals surface area (Å²) in [6, 6.07) is 10.5. The molecule has 2 rings (SSSR count). The third kappa shape index (κ3) is 4.13. The molecule has 1 atom stereocenters. The van der Waals surface area contributed by atoms with E-state index in [1.807, 2.05) is 18.2 Å². The van der Waals surface area contributed by atoms with Crippen LogP contribution in [0.25, 0.3) is 0 Å². The van der Waals surface area contributed by atoms with Crippen LogP contribution in [0.4, 0.5) is 10.5 Å². The maximum absolute atomic E-state index is 11.7. The Morgan fingerprint density at radius 1 is 1.35 bits per heavy atom. The van der Waals surface area contributed by atoms with E-state index in [9.17, 15) is 9.90 Å². The number of amides is 2. The van der Waals surface area contributed by atoms with Crippen molar-refractivity contribution in [3.63, 3.8) is 0 Å². The van der Waals surface area contributed by atoms with E-state index in [4.69, 9.17) is 4.42 Å². The third-order valence-corrected chi connectivity index (χ3v) is 2.86. The maximum atomic E-state index is 11.7. The van der Waals surface area contributed by atoms with Gasteiger partial charge in [0.15, 0.2) is 0 Å². The molecule has 0 bridgehead atoms. The molecule has 3 N–H and O–H groups in total. The Labute approximate surface area is 117 Å². The summed E-state index contributed by atoms with van der Waals surface area (Å²) in [5.74, 6) is 0.835. The highest BCUT2D eigenvalue weighted by Crippen LogP contribution is 2.16.